The van der Waals surface area contributed by atoms with Crippen molar-refractivity contribution in [1.82, 2.24) is 0 Å². The molecule has 0 radical (unpaired) electrons. The van der Waals surface area contributed by atoms with Gasteiger partial charge >= 0.3 is 0 Å². The van der Waals surface area contributed by atoms with Gasteiger partial charge in [0.05, 0.1) is 0 Å². The second-order valence-corrected chi connectivity index (χ2v) is 3.43. The van der Waals surface area contributed by atoms with E-state index < -0.39 is 0 Å². The molecule has 0 bridgehead atoms. The molecule has 1 heteroatoms. The van der Waals surface area contributed by atoms with E-state index in [1.165, 1.54) is 25.7 Å². The monoisotopic (exact) mass is 152 g/mol. The van der Waals surface area contributed by atoms with Crippen LogP contribution in [0.3, 0.4) is 0 Å². The number of hydrogen-bond acceptors (Lipinski definition) is 0. The van der Waals surface area contributed by atoms with E-state index in [0.29, 0.717) is 0 Å². The number of rotatable bonds is 6. The third-order valence-electron chi connectivity index (χ3n) is 2.52. The first-order valence-corrected chi connectivity index (χ1v) is 4.88. The van der Waals surface area contributed by atoms with E-state index in [0.717, 1.165) is 11.7 Å². The minimum absolute atomic E-state index is 0.738. The van der Waals surface area contributed by atoms with Gasteiger partial charge in [-0.1, -0.05) is 51.4 Å². The summed E-state index contributed by atoms with van der Waals surface area (Å²) in [6.45, 7) is 8.36. The third-order valence-corrected chi connectivity index (χ3v) is 2.52. The summed E-state index contributed by atoms with van der Waals surface area (Å²) in [4.78, 5) is 0. The van der Waals surface area contributed by atoms with Crippen molar-refractivity contribution in [3.63, 3.8) is 0 Å². The first-order valence-electron chi connectivity index (χ1n) is 4.88. The fourth-order valence-corrected chi connectivity index (χ4v) is 1.54. The minimum Gasteiger partial charge on any atom is -0.103 e. The molecule has 0 saturated heterocycles. The van der Waals surface area contributed by atoms with Gasteiger partial charge in [-0.3, -0.25) is 0 Å². The van der Waals surface area contributed by atoms with Gasteiger partial charge in [-0.15, -0.1) is 6.58 Å². The summed E-state index contributed by atoms with van der Waals surface area (Å²) in [5, 5.41) is 0. The highest BCUT2D eigenvalue weighted by molar-refractivity contribution is 6.11. The minimum atomic E-state index is 0.738. The van der Waals surface area contributed by atoms with Crippen molar-refractivity contribution in [1.29, 1.82) is 0 Å². The van der Waals surface area contributed by atoms with Gasteiger partial charge in [0.15, 0.2) is 0 Å². The second-order valence-electron chi connectivity index (χ2n) is 3.43. The first kappa shape index (κ1) is 10.8. The van der Waals surface area contributed by atoms with E-state index in [-0.39, 0.29) is 0 Å². The molecule has 0 aliphatic carbocycles. The fraction of sp³-hybridized carbons (Fsp3) is 0.800. The van der Waals surface area contributed by atoms with Crippen LogP contribution in [-0.4, -0.2) is 7.85 Å². The zero-order valence-corrected chi connectivity index (χ0v) is 8.27. The molecule has 2 atom stereocenters. The number of allylic oxidation sites excluding steroid dienone is 1. The smallest absolute Gasteiger partial charge is 0.103 e. The molecular formula is C10H21B. The van der Waals surface area contributed by atoms with Gasteiger partial charge < -0.3 is 0 Å². The Morgan fingerprint density at radius 1 is 1.45 bits per heavy atom. The molecule has 0 spiro atoms. The predicted octanol–water partition coefficient (Wildman–Crippen LogP) is 2.81. The van der Waals surface area contributed by atoms with Crippen LogP contribution < -0.4 is 0 Å². The Labute approximate surface area is 72.5 Å². The average molecular weight is 152 g/mol. The van der Waals surface area contributed by atoms with Crippen molar-refractivity contribution < 1.29 is 0 Å². The second kappa shape index (κ2) is 6.51. The molecule has 0 N–H and O–H groups in total. The maximum absolute atomic E-state index is 3.86. The molecule has 0 aliphatic heterocycles. The van der Waals surface area contributed by atoms with Gasteiger partial charge in [-0.2, -0.15) is 0 Å². The van der Waals surface area contributed by atoms with Crippen LogP contribution in [0.1, 0.15) is 39.5 Å². The largest absolute Gasteiger partial charge is 0.106 e. The Bertz CT molecular complexity index is 99.0. The summed E-state index contributed by atoms with van der Waals surface area (Å²) in [7, 11) is 2.34. The Balaban J connectivity index is 3.59. The molecule has 64 valence electrons. The quantitative estimate of drug-likeness (QED) is 0.405. The lowest BCUT2D eigenvalue weighted by Gasteiger charge is -2.18. The van der Waals surface area contributed by atoms with Crippen LogP contribution in [0.2, 0.25) is 5.82 Å². The van der Waals surface area contributed by atoms with Crippen LogP contribution in [0.25, 0.3) is 0 Å². The van der Waals surface area contributed by atoms with Gasteiger partial charge in [-0.25, -0.2) is 0 Å². The Morgan fingerprint density at radius 2 is 2.09 bits per heavy atom. The molecule has 11 heavy (non-hydrogen) atoms. The van der Waals surface area contributed by atoms with Crippen LogP contribution in [-0.2, 0) is 0 Å². The highest BCUT2D eigenvalue weighted by atomic mass is 14.1. The van der Waals surface area contributed by atoms with E-state index in [2.05, 4.69) is 34.3 Å². The highest BCUT2D eigenvalue weighted by Crippen LogP contribution is 2.24. The van der Waals surface area contributed by atoms with Crippen LogP contribution in [0.15, 0.2) is 12.7 Å². The third kappa shape index (κ3) is 4.29. The van der Waals surface area contributed by atoms with E-state index in [1.54, 1.807) is 0 Å². The van der Waals surface area contributed by atoms with Crippen molar-refractivity contribution in [2.45, 2.75) is 45.3 Å². The van der Waals surface area contributed by atoms with Crippen molar-refractivity contribution in [3.05, 3.63) is 12.7 Å². The lowest BCUT2D eigenvalue weighted by Crippen LogP contribution is -2.05. The van der Waals surface area contributed by atoms with Crippen LogP contribution in [0.4, 0.5) is 0 Å². The van der Waals surface area contributed by atoms with Crippen LogP contribution in [0.5, 0.6) is 0 Å². The summed E-state index contributed by atoms with van der Waals surface area (Å²) < 4.78 is 0. The molecule has 0 aromatic carbocycles. The Kier molecular flexibility index (Phi) is 6.40. The molecular weight excluding hydrogens is 131 g/mol. The number of hydrogen-bond donors (Lipinski definition) is 0. The molecule has 0 aromatic rings. The number of unbranched alkanes of at least 4 members (excludes halogenated alkanes) is 1. The maximum atomic E-state index is 3.86. The molecule has 0 aromatic heterocycles. The molecule has 0 saturated carbocycles. The van der Waals surface area contributed by atoms with Gasteiger partial charge in [0.25, 0.3) is 0 Å². The zero-order chi connectivity index (χ0) is 8.69. The molecule has 0 rings (SSSR count). The van der Waals surface area contributed by atoms with E-state index in [1.807, 2.05) is 0 Å². The molecule has 0 nitrogen and oxygen atoms in total. The van der Waals surface area contributed by atoms with Crippen molar-refractivity contribution >= 4 is 7.85 Å². The summed E-state index contributed by atoms with van der Waals surface area (Å²) in [5.74, 6) is 1.57. The van der Waals surface area contributed by atoms with Gasteiger partial charge in [0.2, 0.25) is 0 Å². The van der Waals surface area contributed by atoms with Gasteiger partial charge in [-0.05, 0) is 5.92 Å². The molecule has 2 unspecified atom stereocenters. The molecule has 0 amide bonds. The zero-order valence-electron chi connectivity index (χ0n) is 8.27. The summed E-state index contributed by atoms with van der Waals surface area (Å²) in [6.07, 6.45) is 7.40. The standard InChI is InChI=1S/C10H21B/c1-4-7-8-10(11)9(5-2)6-3/h5,9-10H,2,4,6-8,11H2,1,3H3. The van der Waals surface area contributed by atoms with Gasteiger partial charge in [0.1, 0.15) is 7.85 Å². The maximum Gasteiger partial charge on any atom is 0.106 e. The van der Waals surface area contributed by atoms with Crippen LogP contribution >= 0.6 is 0 Å². The lowest BCUT2D eigenvalue weighted by atomic mass is 9.72. The van der Waals surface area contributed by atoms with E-state index >= 15 is 0 Å². The first-order chi connectivity index (χ1) is 5.26. The SMILES string of the molecule is BC(CCCC)C(C=C)CC. The van der Waals surface area contributed by atoms with E-state index in [4.69, 9.17) is 0 Å². The Morgan fingerprint density at radius 3 is 2.45 bits per heavy atom. The van der Waals surface area contributed by atoms with Gasteiger partial charge in [0, 0.05) is 0 Å². The summed E-state index contributed by atoms with van der Waals surface area (Å²) in [6, 6.07) is 0. The Hall–Kier alpha value is -0.195. The van der Waals surface area contributed by atoms with Crippen molar-refractivity contribution in [2.75, 3.05) is 0 Å². The molecule has 0 fully saturated rings. The van der Waals surface area contributed by atoms with Crippen molar-refractivity contribution in [3.8, 4) is 0 Å². The molecule has 0 heterocycles. The fourth-order valence-electron chi connectivity index (χ4n) is 1.54. The highest BCUT2D eigenvalue weighted by Gasteiger charge is 2.10. The van der Waals surface area contributed by atoms with Crippen molar-refractivity contribution in [2.24, 2.45) is 5.92 Å². The topological polar surface area (TPSA) is 0 Å². The van der Waals surface area contributed by atoms with E-state index in [9.17, 15) is 0 Å². The predicted molar refractivity (Wildman–Crippen MR) is 55.8 cm³/mol. The normalized spacial score (nSPS) is 15.8. The van der Waals surface area contributed by atoms with Crippen LogP contribution in [0, 0.1) is 5.92 Å². The molecule has 0 aliphatic rings. The summed E-state index contributed by atoms with van der Waals surface area (Å²) in [5.41, 5.74) is 0. The average Bonchev–Trinajstić information content (AvgIpc) is 2.03. The summed E-state index contributed by atoms with van der Waals surface area (Å²) >= 11 is 0. The lowest BCUT2D eigenvalue weighted by molar-refractivity contribution is 0.527.